The van der Waals surface area contributed by atoms with Gasteiger partial charge in [0.2, 0.25) is 11.9 Å². The number of fused-ring (bicyclic) bond motifs is 2. The molecule has 8 nitrogen and oxygen atoms in total. The fraction of sp³-hybridized carbons (Fsp3) is 0.308. The van der Waals surface area contributed by atoms with Crippen LogP contribution in [0.4, 0.5) is 16.0 Å². The summed E-state index contributed by atoms with van der Waals surface area (Å²) in [7, 11) is 0. The summed E-state index contributed by atoms with van der Waals surface area (Å²) in [5.41, 5.74) is 8.80. The van der Waals surface area contributed by atoms with E-state index in [2.05, 4.69) is 16.0 Å². The number of amides is 2. The summed E-state index contributed by atoms with van der Waals surface area (Å²) >= 11 is 0. The van der Waals surface area contributed by atoms with Crippen LogP contribution in [0.25, 0.3) is 11.1 Å². The molecule has 1 saturated heterocycles. The number of morpholine rings is 1. The molecule has 3 aromatic rings. The maximum absolute atomic E-state index is 14.6. The first-order chi connectivity index (χ1) is 17.0. The van der Waals surface area contributed by atoms with E-state index in [9.17, 15) is 14.0 Å². The van der Waals surface area contributed by atoms with Crippen LogP contribution in [0.5, 0.6) is 0 Å². The van der Waals surface area contributed by atoms with Crippen LogP contribution in [0.15, 0.2) is 48.8 Å². The second-order valence-electron chi connectivity index (χ2n) is 9.30. The van der Waals surface area contributed by atoms with Gasteiger partial charge in [-0.05, 0) is 42.7 Å². The first-order valence-corrected chi connectivity index (χ1v) is 11.7. The smallest absolute Gasteiger partial charge is 0.254 e. The van der Waals surface area contributed by atoms with Crippen molar-refractivity contribution in [2.45, 2.75) is 18.3 Å². The summed E-state index contributed by atoms with van der Waals surface area (Å²) in [6, 6.07) is 10.1. The lowest BCUT2D eigenvalue weighted by atomic mass is 9.97. The summed E-state index contributed by atoms with van der Waals surface area (Å²) in [5, 5.41) is 0. The van der Waals surface area contributed by atoms with Gasteiger partial charge in [0.1, 0.15) is 5.82 Å². The van der Waals surface area contributed by atoms with Crippen LogP contribution in [0.2, 0.25) is 0 Å². The number of hydrogen-bond acceptors (Lipinski definition) is 6. The zero-order valence-corrected chi connectivity index (χ0v) is 19.0. The van der Waals surface area contributed by atoms with Crippen LogP contribution in [0.1, 0.15) is 39.1 Å². The molecule has 2 N–H and O–H groups in total. The summed E-state index contributed by atoms with van der Waals surface area (Å²) in [4.78, 5) is 37.8. The maximum Gasteiger partial charge on any atom is 0.254 e. The molecular weight excluding hydrogens is 449 g/mol. The minimum atomic E-state index is -0.717. The minimum Gasteiger partial charge on any atom is -0.378 e. The van der Waals surface area contributed by atoms with Crippen LogP contribution in [0, 0.1) is 5.82 Å². The SMILES string of the molecule is NC(=O)c1cccc(F)c1-c1cnc(N2CC3(CC3)c3ccc(C(=O)N4CCOCC4)cc32)nc1. The maximum atomic E-state index is 14.6. The second kappa shape index (κ2) is 8.13. The van der Waals surface area contributed by atoms with E-state index in [1.165, 1.54) is 36.2 Å². The molecule has 0 bridgehead atoms. The Labute approximate surface area is 201 Å². The fourth-order valence-electron chi connectivity index (χ4n) is 5.13. The van der Waals surface area contributed by atoms with Gasteiger partial charge in [-0.3, -0.25) is 9.59 Å². The minimum absolute atomic E-state index is 0.0115. The Morgan fingerprint density at radius 1 is 1.06 bits per heavy atom. The van der Waals surface area contributed by atoms with Crippen molar-refractivity contribution in [1.29, 1.82) is 0 Å². The third-order valence-corrected chi connectivity index (χ3v) is 7.17. The first-order valence-electron chi connectivity index (χ1n) is 11.7. The second-order valence-corrected chi connectivity index (χ2v) is 9.30. The van der Waals surface area contributed by atoms with E-state index < -0.39 is 11.7 Å². The average molecular weight is 474 g/mol. The van der Waals surface area contributed by atoms with E-state index in [0.29, 0.717) is 43.4 Å². The van der Waals surface area contributed by atoms with Gasteiger partial charge in [0.25, 0.3) is 5.91 Å². The summed E-state index contributed by atoms with van der Waals surface area (Å²) in [6.07, 6.45) is 5.16. The van der Waals surface area contributed by atoms with Crippen LogP contribution < -0.4 is 10.6 Å². The van der Waals surface area contributed by atoms with E-state index in [-0.39, 0.29) is 22.4 Å². The molecule has 0 radical (unpaired) electrons. The standard InChI is InChI=1S/C26H24FN5O3/c27-20-3-1-2-18(23(28)33)22(20)17-13-29-25(30-14-17)32-15-26(6-7-26)19-5-4-16(12-21(19)32)24(34)31-8-10-35-11-9-31/h1-5,12-14H,6-11,15H2,(H2,28,33). The quantitative estimate of drug-likeness (QED) is 0.625. The van der Waals surface area contributed by atoms with Gasteiger partial charge in [-0.15, -0.1) is 0 Å². The fourth-order valence-corrected chi connectivity index (χ4v) is 5.13. The molecular formula is C26H24FN5O3. The number of primary amides is 1. The van der Waals surface area contributed by atoms with Crippen LogP contribution in [0.3, 0.4) is 0 Å². The van der Waals surface area contributed by atoms with E-state index in [1.807, 2.05) is 21.9 Å². The highest BCUT2D eigenvalue weighted by Gasteiger charge is 2.52. The number of carbonyl (C=O) groups excluding carboxylic acids is 2. The molecule has 0 atom stereocenters. The van der Waals surface area contributed by atoms with Crippen molar-refractivity contribution in [1.82, 2.24) is 14.9 Å². The van der Waals surface area contributed by atoms with E-state index in [1.54, 1.807) is 0 Å². The molecule has 178 valence electrons. The molecule has 1 spiro atoms. The average Bonchev–Trinajstić information content (AvgIpc) is 3.60. The highest BCUT2D eigenvalue weighted by atomic mass is 19.1. The van der Waals surface area contributed by atoms with Gasteiger partial charge in [-0.1, -0.05) is 12.1 Å². The molecule has 1 aliphatic carbocycles. The Balaban J connectivity index is 1.34. The molecule has 35 heavy (non-hydrogen) atoms. The van der Waals surface area contributed by atoms with Crippen molar-refractivity contribution in [3.05, 3.63) is 71.3 Å². The van der Waals surface area contributed by atoms with E-state index >= 15 is 0 Å². The molecule has 2 amide bonds. The van der Waals surface area contributed by atoms with Gasteiger partial charge in [-0.2, -0.15) is 0 Å². The monoisotopic (exact) mass is 473 g/mol. The Kier molecular flexibility index (Phi) is 5.03. The topological polar surface area (TPSA) is 102 Å². The molecule has 3 aliphatic rings. The van der Waals surface area contributed by atoms with Crippen molar-refractivity contribution in [2.75, 3.05) is 37.7 Å². The molecule has 1 aromatic heterocycles. The van der Waals surface area contributed by atoms with Gasteiger partial charge in [-0.25, -0.2) is 14.4 Å². The lowest BCUT2D eigenvalue weighted by Gasteiger charge is -2.27. The number of nitrogens with two attached hydrogens (primary N) is 1. The van der Waals surface area contributed by atoms with Gasteiger partial charge in [0.05, 0.1) is 13.2 Å². The van der Waals surface area contributed by atoms with Crippen molar-refractivity contribution < 1.29 is 18.7 Å². The van der Waals surface area contributed by atoms with Crippen molar-refractivity contribution in [2.24, 2.45) is 5.73 Å². The molecule has 1 saturated carbocycles. The van der Waals surface area contributed by atoms with Gasteiger partial charge in [0.15, 0.2) is 0 Å². The summed E-state index contributed by atoms with van der Waals surface area (Å²) in [6.45, 7) is 2.98. The number of aromatic nitrogens is 2. The zero-order valence-electron chi connectivity index (χ0n) is 19.0. The molecule has 2 aliphatic heterocycles. The number of benzene rings is 2. The molecule has 3 heterocycles. The predicted octanol–water partition coefficient (Wildman–Crippen LogP) is 3.04. The van der Waals surface area contributed by atoms with Gasteiger partial charge < -0.3 is 20.3 Å². The number of hydrogen-bond donors (Lipinski definition) is 1. The van der Waals surface area contributed by atoms with E-state index in [0.717, 1.165) is 25.1 Å². The lowest BCUT2D eigenvalue weighted by molar-refractivity contribution is 0.0303. The predicted molar refractivity (Wildman–Crippen MR) is 127 cm³/mol. The molecule has 2 aromatic carbocycles. The van der Waals surface area contributed by atoms with Crippen LogP contribution >= 0.6 is 0 Å². The molecule has 2 fully saturated rings. The van der Waals surface area contributed by atoms with E-state index in [4.69, 9.17) is 10.5 Å². The molecule has 6 rings (SSSR count). The number of carbonyl (C=O) groups is 2. The van der Waals surface area contributed by atoms with Crippen molar-refractivity contribution in [3.8, 4) is 11.1 Å². The number of halogens is 1. The number of anilines is 2. The lowest BCUT2D eigenvalue weighted by Crippen LogP contribution is -2.40. The number of ether oxygens (including phenoxy) is 1. The molecule has 0 unspecified atom stereocenters. The number of rotatable bonds is 4. The summed E-state index contributed by atoms with van der Waals surface area (Å²) < 4.78 is 19.9. The van der Waals surface area contributed by atoms with Crippen molar-refractivity contribution >= 4 is 23.5 Å². The third-order valence-electron chi connectivity index (χ3n) is 7.17. The van der Waals surface area contributed by atoms with Gasteiger partial charge in [0, 0.05) is 65.4 Å². The first kappa shape index (κ1) is 21.7. The zero-order chi connectivity index (χ0) is 24.2. The summed E-state index contributed by atoms with van der Waals surface area (Å²) in [5.74, 6) is -0.827. The highest BCUT2D eigenvalue weighted by Crippen LogP contribution is 2.57. The van der Waals surface area contributed by atoms with Gasteiger partial charge >= 0.3 is 0 Å². The Morgan fingerprint density at radius 3 is 2.49 bits per heavy atom. The Morgan fingerprint density at radius 2 is 1.80 bits per heavy atom. The Bertz CT molecular complexity index is 1330. The molecule has 9 heteroatoms. The van der Waals surface area contributed by atoms with Crippen LogP contribution in [-0.4, -0.2) is 59.5 Å². The normalized spacial score (nSPS) is 18.0. The number of nitrogens with zero attached hydrogens (tertiary/aromatic N) is 4. The van der Waals surface area contributed by atoms with Crippen molar-refractivity contribution in [3.63, 3.8) is 0 Å². The third kappa shape index (κ3) is 3.63. The highest BCUT2D eigenvalue weighted by molar-refractivity contribution is 6.00. The Hall–Kier alpha value is -3.85. The van der Waals surface area contributed by atoms with Crippen LogP contribution in [-0.2, 0) is 10.2 Å². The largest absolute Gasteiger partial charge is 0.378 e.